The summed E-state index contributed by atoms with van der Waals surface area (Å²) in [6, 6.07) is 30.4. The normalized spacial score (nSPS) is 21.0. The Kier molecular flexibility index (Phi) is 11.4. The quantitative estimate of drug-likeness (QED) is 0.0590. The molecule has 49 heavy (non-hydrogen) atoms. The minimum Gasteiger partial charge on any atom is -0.508 e. The lowest BCUT2D eigenvalue weighted by Gasteiger charge is -2.34. The SMILES string of the molecule is NC(N)=NC1(CC(CO)Cc2ccccc2)Oc2ccc(cc2)CCC(S(=O)(=O)O)C(C=CC(O)c2ccc(O)cc2)Cc2ccc1cc2. The molecule has 4 aromatic carbocycles. The highest BCUT2D eigenvalue weighted by Gasteiger charge is 2.38. The van der Waals surface area contributed by atoms with Gasteiger partial charge >= 0.3 is 0 Å². The largest absolute Gasteiger partial charge is 0.508 e. The van der Waals surface area contributed by atoms with E-state index in [1.54, 1.807) is 30.3 Å². The van der Waals surface area contributed by atoms with Gasteiger partial charge in [-0.2, -0.15) is 8.42 Å². The Balaban J connectivity index is 1.57. The van der Waals surface area contributed by atoms with Gasteiger partial charge in [0.25, 0.3) is 10.1 Å². The summed E-state index contributed by atoms with van der Waals surface area (Å²) in [4.78, 5) is 4.65. The van der Waals surface area contributed by atoms with Crippen molar-refractivity contribution >= 4 is 16.1 Å². The molecule has 4 heterocycles. The number of phenolic OH excluding ortho intramolecular Hbond substituents is 1. The van der Waals surface area contributed by atoms with E-state index in [-0.39, 0.29) is 43.5 Å². The molecule has 8 N–H and O–H groups in total. The number of nitrogens with zero attached hydrogens (tertiary/aromatic N) is 1. The molecule has 0 saturated heterocycles. The lowest BCUT2D eigenvalue weighted by molar-refractivity contribution is 0.0349. The summed E-state index contributed by atoms with van der Waals surface area (Å²) in [6.45, 7) is -0.141. The first kappa shape index (κ1) is 35.6. The van der Waals surface area contributed by atoms with Crippen LogP contribution in [0.3, 0.4) is 0 Å². The number of benzene rings is 4. The molecule has 4 aliphatic heterocycles. The van der Waals surface area contributed by atoms with Crippen LogP contribution in [-0.2, 0) is 35.1 Å². The highest BCUT2D eigenvalue weighted by molar-refractivity contribution is 7.86. The van der Waals surface area contributed by atoms with Crippen molar-refractivity contribution in [2.24, 2.45) is 28.3 Å². The van der Waals surface area contributed by atoms with Crippen molar-refractivity contribution in [3.63, 3.8) is 0 Å². The van der Waals surface area contributed by atoms with E-state index in [9.17, 15) is 28.3 Å². The summed E-state index contributed by atoms with van der Waals surface area (Å²) in [6.07, 6.45) is 3.56. The van der Waals surface area contributed by atoms with Crippen molar-refractivity contribution < 1.29 is 33.0 Å². The molecule has 0 saturated carbocycles. The van der Waals surface area contributed by atoms with Gasteiger partial charge in [0.1, 0.15) is 11.5 Å². The van der Waals surface area contributed by atoms with E-state index in [2.05, 4.69) is 4.99 Å². The Bertz CT molecular complexity index is 1830. The Labute approximate surface area is 287 Å². The molecule has 4 aliphatic rings. The Morgan fingerprint density at radius 3 is 2.20 bits per heavy atom. The predicted molar refractivity (Wildman–Crippen MR) is 189 cm³/mol. The Morgan fingerprint density at radius 1 is 0.939 bits per heavy atom. The van der Waals surface area contributed by atoms with Crippen LogP contribution in [0.25, 0.3) is 0 Å². The first-order valence-corrected chi connectivity index (χ1v) is 17.7. The van der Waals surface area contributed by atoms with Gasteiger partial charge in [0, 0.05) is 24.5 Å². The van der Waals surface area contributed by atoms with Gasteiger partial charge in [-0.15, -0.1) is 0 Å². The minimum absolute atomic E-state index is 0.0574. The Morgan fingerprint density at radius 2 is 1.59 bits per heavy atom. The topological polar surface area (TPSA) is 189 Å². The fraction of sp³-hybridized carbons (Fsp3) is 0.289. The minimum atomic E-state index is -4.51. The van der Waals surface area contributed by atoms with E-state index < -0.39 is 33.1 Å². The molecule has 4 aromatic rings. The molecule has 0 spiro atoms. The summed E-state index contributed by atoms with van der Waals surface area (Å²) < 4.78 is 42.8. The molecule has 0 amide bonds. The zero-order valence-corrected chi connectivity index (χ0v) is 27.9. The van der Waals surface area contributed by atoms with Crippen molar-refractivity contribution in [2.45, 2.75) is 49.2 Å². The van der Waals surface area contributed by atoms with Crippen LogP contribution in [0.1, 0.15) is 46.8 Å². The molecule has 5 unspecified atom stereocenters. The van der Waals surface area contributed by atoms with E-state index in [1.165, 1.54) is 18.2 Å². The van der Waals surface area contributed by atoms with Gasteiger partial charge < -0.3 is 31.5 Å². The zero-order valence-electron chi connectivity index (χ0n) is 27.0. The second-order valence-corrected chi connectivity index (χ2v) is 14.2. The number of guanidine groups is 1. The van der Waals surface area contributed by atoms with Gasteiger partial charge in [-0.05, 0) is 78.1 Å². The second-order valence-electron chi connectivity index (χ2n) is 12.6. The summed E-state index contributed by atoms with van der Waals surface area (Å²) in [5.41, 5.74) is 14.4. The van der Waals surface area contributed by atoms with Crippen molar-refractivity contribution in [3.05, 3.63) is 143 Å². The molecular weight excluding hydrogens is 642 g/mol. The third-order valence-electron chi connectivity index (χ3n) is 8.94. The van der Waals surface area contributed by atoms with Gasteiger partial charge in [-0.1, -0.05) is 91.0 Å². The third kappa shape index (κ3) is 9.48. The monoisotopic (exact) mass is 685 g/mol. The number of aliphatic imine (C=N–C) groups is 1. The van der Waals surface area contributed by atoms with Crippen LogP contribution in [0.4, 0.5) is 0 Å². The number of aromatic hydroxyl groups is 1. The Hall–Kier alpha value is -4.68. The first-order valence-electron chi connectivity index (χ1n) is 16.2. The van der Waals surface area contributed by atoms with E-state index in [0.717, 1.165) is 16.7 Å². The van der Waals surface area contributed by atoms with Crippen LogP contribution < -0.4 is 16.2 Å². The lowest BCUT2D eigenvalue weighted by atomic mass is 9.86. The summed E-state index contributed by atoms with van der Waals surface area (Å²) >= 11 is 0. The molecular formula is C38H43N3O7S. The average molecular weight is 686 g/mol. The lowest BCUT2D eigenvalue weighted by Crippen LogP contribution is -2.39. The molecule has 0 fully saturated rings. The zero-order chi connectivity index (χ0) is 35.0. The second kappa shape index (κ2) is 15.7. The van der Waals surface area contributed by atoms with Crippen LogP contribution >= 0.6 is 0 Å². The summed E-state index contributed by atoms with van der Waals surface area (Å²) in [5.74, 6) is -0.651. The van der Waals surface area contributed by atoms with Crippen molar-refractivity contribution in [1.82, 2.24) is 0 Å². The molecule has 0 aliphatic carbocycles. The number of nitrogens with two attached hydrogens (primary N) is 2. The van der Waals surface area contributed by atoms with Crippen LogP contribution in [0.2, 0.25) is 0 Å². The molecule has 4 bridgehead atoms. The van der Waals surface area contributed by atoms with Gasteiger partial charge in [0.2, 0.25) is 5.72 Å². The maximum Gasteiger partial charge on any atom is 0.268 e. The van der Waals surface area contributed by atoms with Gasteiger partial charge in [-0.3, -0.25) is 4.55 Å². The van der Waals surface area contributed by atoms with Gasteiger partial charge in [-0.25, -0.2) is 4.99 Å². The number of aryl methyl sites for hydroxylation is 1. The highest BCUT2D eigenvalue weighted by Crippen LogP contribution is 2.38. The average Bonchev–Trinajstić information content (AvgIpc) is 3.08. The number of allylic oxidation sites excluding steroid dienone is 1. The van der Waals surface area contributed by atoms with Gasteiger partial charge in [0.15, 0.2) is 5.96 Å². The highest BCUT2D eigenvalue weighted by atomic mass is 32.2. The van der Waals surface area contributed by atoms with Crippen molar-refractivity contribution in [1.29, 1.82) is 0 Å². The molecule has 8 rings (SSSR count). The number of hydrogen-bond donors (Lipinski definition) is 6. The third-order valence-corrected chi connectivity index (χ3v) is 10.3. The number of phenols is 1. The number of rotatable bonds is 10. The van der Waals surface area contributed by atoms with Crippen molar-refractivity contribution in [2.75, 3.05) is 6.61 Å². The standard InChI is InChI=1S/C38H43N3O7S/c39-37(40)41-38(24-29(25-42)22-27-4-2-1-3-5-27)32-14-6-28(7-15-32)23-31(13-20-35(44)30-11-16-33(43)17-12-30)36(49(45,46)47)21-10-26-8-18-34(48-38)19-9-26/h1-9,11-20,29,31,35-36,42-44H,10,21-25H2,(H4,39,40,41)(H,45,46,47). The molecule has 0 aromatic heterocycles. The predicted octanol–water partition coefficient (Wildman–Crippen LogP) is 4.79. The van der Waals surface area contributed by atoms with E-state index in [0.29, 0.717) is 29.7 Å². The van der Waals surface area contributed by atoms with Gasteiger partial charge in [0.05, 0.1) is 11.4 Å². The number of aliphatic hydroxyl groups excluding tert-OH is 2. The fourth-order valence-corrected chi connectivity index (χ4v) is 7.48. The van der Waals surface area contributed by atoms with Crippen molar-refractivity contribution in [3.8, 4) is 11.5 Å². The summed E-state index contributed by atoms with van der Waals surface area (Å²) in [7, 11) is -4.51. The number of aliphatic hydroxyl groups is 2. The van der Waals surface area contributed by atoms with Crippen LogP contribution in [0.5, 0.6) is 11.5 Å². The number of ether oxygens (including phenoxy) is 1. The molecule has 0 radical (unpaired) electrons. The van der Waals surface area contributed by atoms with Crippen LogP contribution in [-0.4, -0.2) is 46.1 Å². The van der Waals surface area contributed by atoms with E-state index >= 15 is 0 Å². The smallest absolute Gasteiger partial charge is 0.268 e. The van der Waals surface area contributed by atoms with Crippen LogP contribution in [0.15, 0.2) is 120 Å². The maximum absolute atomic E-state index is 12.9. The maximum atomic E-state index is 12.9. The molecule has 5 atom stereocenters. The van der Waals surface area contributed by atoms with E-state index in [1.807, 2.05) is 66.7 Å². The molecule has 11 heteroatoms. The fourth-order valence-electron chi connectivity index (χ4n) is 6.44. The summed E-state index contributed by atoms with van der Waals surface area (Å²) in [5, 5.41) is 29.8. The molecule has 258 valence electrons. The van der Waals surface area contributed by atoms with E-state index in [4.69, 9.17) is 16.2 Å². The van der Waals surface area contributed by atoms with Crippen LogP contribution in [0, 0.1) is 11.8 Å². The number of hydrogen-bond acceptors (Lipinski definition) is 7. The first-order chi connectivity index (χ1) is 23.4. The molecule has 10 nitrogen and oxygen atoms in total.